The summed E-state index contributed by atoms with van der Waals surface area (Å²) in [6.45, 7) is 3.65. The molecule has 6 nitrogen and oxygen atoms in total. The molecule has 8 heteroatoms. The Morgan fingerprint density at radius 3 is 2.71 bits per heavy atom. The molecule has 2 N–H and O–H groups in total. The number of benzene rings is 1. The van der Waals surface area contributed by atoms with E-state index in [1.165, 1.54) is 4.90 Å². The summed E-state index contributed by atoms with van der Waals surface area (Å²) in [6.07, 6.45) is 0. The number of nitrogen functional groups attached to an aromatic ring is 1. The van der Waals surface area contributed by atoms with Crippen LogP contribution in [0.25, 0.3) is 10.2 Å². The van der Waals surface area contributed by atoms with Crippen LogP contribution in [-0.4, -0.2) is 43.1 Å². The van der Waals surface area contributed by atoms with Gasteiger partial charge in [-0.25, -0.2) is 13.4 Å². The fraction of sp³-hybridized carbons (Fsp3) is 0.385. The molecule has 0 bridgehead atoms. The van der Waals surface area contributed by atoms with E-state index in [0.29, 0.717) is 15.9 Å². The molecule has 0 saturated carbocycles. The zero-order valence-corrected chi connectivity index (χ0v) is 13.7. The van der Waals surface area contributed by atoms with Gasteiger partial charge in [0.25, 0.3) is 0 Å². The zero-order chi connectivity index (χ0) is 15.8. The number of fused-ring (bicyclic) bond motifs is 1. The average Bonchev–Trinajstić information content (AvgIpc) is 2.80. The van der Waals surface area contributed by atoms with Crippen molar-refractivity contribution in [3.8, 4) is 0 Å². The summed E-state index contributed by atoms with van der Waals surface area (Å²) in [5.41, 5.74) is 6.78. The highest BCUT2D eigenvalue weighted by atomic mass is 32.2. The first-order chi connectivity index (χ1) is 9.70. The molecule has 0 aliphatic carbocycles. The molecule has 0 unspecified atom stereocenters. The number of nitrogens with two attached hydrogens (primary N) is 1. The normalized spacial score (nSPS) is 12.0. The Morgan fingerprint density at radius 2 is 2.10 bits per heavy atom. The zero-order valence-electron chi connectivity index (χ0n) is 12.0. The van der Waals surface area contributed by atoms with Gasteiger partial charge in [0, 0.05) is 18.8 Å². The van der Waals surface area contributed by atoms with E-state index in [9.17, 15) is 13.2 Å². The van der Waals surface area contributed by atoms with Crippen molar-refractivity contribution in [2.24, 2.45) is 0 Å². The van der Waals surface area contributed by atoms with Crippen LogP contribution in [0.15, 0.2) is 22.5 Å². The number of sulfone groups is 1. The van der Waals surface area contributed by atoms with E-state index in [0.717, 1.165) is 11.3 Å². The van der Waals surface area contributed by atoms with Crippen molar-refractivity contribution in [3.05, 3.63) is 18.2 Å². The second-order valence-electron chi connectivity index (χ2n) is 5.06. The van der Waals surface area contributed by atoms with Gasteiger partial charge in [-0.15, -0.1) is 11.3 Å². The molecule has 1 aromatic carbocycles. The molecular weight excluding hydrogens is 310 g/mol. The van der Waals surface area contributed by atoms with E-state index in [4.69, 9.17) is 5.73 Å². The van der Waals surface area contributed by atoms with Gasteiger partial charge in [-0.2, -0.15) is 0 Å². The minimum atomic E-state index is -3.74. The number of carbonyl (C=O) groups is 1. The van der Waals surface area contributed by atoms with Crippen molar-refractivity contribution >= 4 is 43.0 Å². The predicted molar refractivity (Wildman–Crippen MR) is 84.0 cm³/mol. The standard InChI is InChI=1S/C13H17N3O3S2/c1-8(2)16(3)12(17)7-21(18,19)13-15-10-5-4-9(14)6-11(10)20-13/h4-6,8H,7,14H2,1-3H3. The topological polar surface area (TPSA) is 93.4 Å². The quantitative estimate of drug-likeness (QED) is 0.859. The number of nitrogens with zero attached hydrogens (tertiary/aromatic N) is 2. The van der Waals surface area contributed by atoms with Gasteiger partial charge in [0.05, 0.1) is 10.2 Å². The Balaban J connectivity index is 2.31. The molecule has 2 aromatic rings. The maximum absolute atomic E-state index is 12.3. The number of hydrogen-bond donors (Lipinski definition) is 1. The van der Waals surface area contributed by atoms with Crippen molar-refractivity contribution in [1.29, 1.82) is 0 Å². The molecule has 1 heterocycles. The minimum Gasteiger partial charge on any atom is -0.399 e. The molecular formula is C13H17N3O3S2. The molecule has 0 aliphatic rings. The summed E-state index contributed by atoms with van der Waals surface area (Å²) in [7, 11) is -2.15. The van der Waals surface area contributed by atoms with Crippen LogP contribution >= 0.6 is 11.3 Å². The van der Waals surface area contributed by atoms with Gasteiger partial charge in [0.2, 0.25) is 20.1 Å². The van der Waals surface area contributed by atoms with Crippen LogP contribution in [0, 0.1) is 0 Å². The summed E-state index contributed by atoms with van der Waals surface area (Å²) >= 11 is 1.03. The summed E-state index contributed by atoms with van der Waals surface area (Å²) in [4.78, 5) is 17.4. The molecule has 2 rings (SSSR count). The smallest absolute Gasteiger partial charge is 0.238 e. The summed E-state index contributed by atoms with van der Waals surface area (Å²) in [6, 6.07) is 4.95. The van der Waals surface area contributed by atoms with E-state index in [2.05, 4.69) is 4.98 Å². The van der Waals surface area contributed by atoms with Crippen LogP contribution in [0.2, 0.25) is 0 Å². The Hall–Kier alpha value is -1.67. The van der Waals surface area contributed by atoms with Gasteiger partial charge in [-0.1, -0.05) is 0 Å². The molecule has 0 spiro atoms. The average molecular weight is 327 g/mol. The lowest BCUT2D eigenvalue weighted by molar-refractivity contribution is -0.128. The molecule has 0 aliphatic heterocycles. The monoisotopic (exact) mass is 327 g/mol. The van der Waals surface area contributed by atoms with Gasteiger partial charge in [-0.3, -0.25) is 4.79 Å². The van der Waals surface area contributed by atoms with Gasteiger partial charge in [-0.05, 0) is 32.0 Å². The Kier molecular flexibility index (Phi) is 4.20. The maximum Gasteiger partial charge on any atom is 0.238 e. The number of rotatable bonds is 4. The van der Waals surface area contributed by atoms with Crippen molar-refractivity contribution in [1.82, 2.24) is 9.88 Å². The molecule has 1 amide bonds. The van der Waals surface area contributed by atoms with Gasteiger partial charge in [0.1, 0.15) is 5.75 Å². The number of thiazole rings is 1. The highest BCUT2D eigenvalue weighted by Gasteiger charge is 2.26. The third-order valence-corrected chi connectivity index (χ3v) is 6.22. The number of hydrogen-bond acceptors (Lipinski definition) is 6. The molecule has 21 heavy (non-hydrogen) atoms. The summed E-state index contributed by atoms with van der Waals surface area (Å²) in [5.74, 6) is -1.01. The number of anilines is 1. The van der Waals surface area contributed by atoms with Crippen LogP contribution in [0.5, 0.6) is 0 Å². The van der Waals surface area contributed by atoms with Crippen molar-refractivity contribution < 1.29 is 13.2 Å². The van der Waals surface area contributed by atoms with E-state index in [-0.39, 0.29) is 10.4 Å². The molecule has 114 valence electrons. The highest BCUT2D eigenvalue weighted by Crippen LogP contribution is 2.27. The Labute approximate surface area is 127 Å². The van der Waals surface area contributed by atoms with Crippen LogP contribution in [0.3, 0.4) is 0 Å². The predicted octanol–water partition coefficient (Wildman–Crippen LogP) is 1.52. The molecule has 0 radical (unpaired) electrons. The SMILES string of the molecule is CC(C)N(C)C(=O)CS(=O)(=O)c1nc2ccc(N)cc2s1. The van der Waals surface area contributed by atoms with Gasteiger partial charge < -0.3 is 10.6 Å². The van der Waals surface area contributed by atoms with Gasteiger partial charge >= 0.3 is 0 Å². The first kappa shape index (κ1) is 15.7. The van der Waals surface area contributed by atoms with Crippen LogP contribution < -0.4 is 5.73 Å². The molecule has 0 fully saturated rings. The largest absolute Gasteiger partial charge is 0.399 e. The summed E-state index contributed by atoms with van der Waals surface area (Å²) in [5, 5.41) is 0. The second-order valence-corrected chi connectivity index (χ2v) is 8.26. The minimum absolute atomic E-state index is 0.0476. The Morgan fingerprint density at radius 1 is 1.43 bits per heavy atom. The molecule has 0 atom stereocenters. The lowest BCUT2D eigenvalue weighted by atomic mass is 10.3. The van der Waals surface area contributed by atoms with Crippen molar-refractivity contribution in [3.63, 3.8) is 0 Å². The van der Waals surface area contributed by atoms with E-state index >= 15 is 0 Å². The Bertz CT molecular complexity index is 781. The van der Waals surface area contributed by atoms with Crippen LogP contribution in [0.4, 0.5) is 5.69 Å². The third kappa shape index (κ3) is 3.33. The third-order valence-electron chi connectivity index (χ3n) is 3.14. The fourth-order valence-electron chi connectivity index (χ4n) is 1.67. The fourth-order valence-corrected chi connectivity index (χ4v) is 4.26. The first-order valence-corrected chi connectivity index (χ1v) is 8.82. The van der Waals surface area contributed by atoms with Crippen molar-refractivity contribution in [2.45, 2.75) is 24.2 Å². The van der Waals surface area contributed by atoms with Crippen LogP contribution in [-0.2, 0) is 14.6 Å². The first-order valence-electron chi connectivity index (χ1n) is 6.35. The van der Waals surface area contributed by atoms with E-state index in [1.807, 2.05) is 13.8 Å². The lowest BCUT2D eigenvalue weighted by Crippen LogP contribution is -2.37. The number of carbonyl (C=O) groups excluding carboxylic acids is 1. The molecule has 0 saturated heterocycles. The maximum atomic E-state index is 12.3. The lowest BCUT2D eigenvalue weighted by Gasteiger charge is -2.20. The van der Waals surface area contributed by atoms with Crippen molar-refractivity contribution in [2.75, 3.05) is 18.5 Å². The van der Waals surface area contributed by atoms with E-state index in [1.54, 1.807) is 25.2 Å². The molecule has 1 aromatic heterocycles. The number of aromatic nitrogens is 1. The second kappa shape index (κ2) is 5.61. The summed E-state index contributed by atoms with van der Waals surface area (Å²) < 4.78 is 25.2. The highest BCUT2D eigenvalue weighted by molar-refractivity contribution is 7.94. The van der Waals surface area contributed by atoms with Gasteiger partial charge in [0.15, 0.2) is 0 Å². The number of amides is 1. The van der Waals surface area contributed by atoms with Crippen LogP contribution in [0.1, 0.15) is 13.8 Å². The van der Waals surface area contributed by atoms with E-state index < -0.39 is 21.5 Å².